The van der Waals surface area contributed by atoms with E-state index in [0.29, 0.717) is 41.3 Å². The van der Waals surface area contributed by atoms with Crippen LogP contribution < -0.4 is 19.5 Å². The lowest BCUT2D eigenvalue weighted by atomic mass is 10.1. The van der Waals surface area contributed by atoms with Crippen LogP contribution in [0.3, 0.4) is 0 Å². The lowest BCUT2D eigenvalue weighted by molar-refractivity contribution is 0.0953. The lowest BCUT2D eigenvalue weighted by Crippen LogP contribution is -2.25. The number of carbonyl (C=O) groups excluding carboxylic acids is 2. The smallest absolute Gasteiger partial charge is 0.261 e. The normalized spacial score (nSPS) is 12.3. The number of anilines is 1. The van der Waals surface area contributed by atoms with Gasteiger partial charge in [-0.1, -0.05) is 18.2 Å². The Bertz CT molecular complexity index is 1290. The van der Waals surface area contributed by atoms with E-state index in [1.807, 2.05) is 18.2 Å². The summed E-state index contributed by atoms with van der Waals surface area (Å²) in [5.74, 6) is 1.01. The van der Waals surface area contributed by atoms with E-state index in [9.17, 15) is 18.0 Å². The maximum Gasteiger partial charge on any atom is 0.261 e. The van der Waals surface area contributed by atoms with Gasteiger partial charge in [-0.25, -0.2) is 8.42 Å². The van der Waals surface area contributed by atoms with Gasteiger partial charge in [0.2, 0.25) is 6.79 Å². The summed E-state index contributed by atoms with van der Waals surface area (Å²) < 4.78 is 38.2. The Morgan fingerprint density at radius 1 is 0.879 bits per heavy atom. The molecule has 0 fully saturated rings. The van der Waals surface area contributed by atoms with Crippen molar-refractivity contribution in [3.8, 4) is 11.5 Å². The zero-order valence-electron chi connectivity index (χ0n) is 17.8. The van der Waals surface area contributed by atoms with Crippen LogP contribution in [-0.2, 0) is 16.4 Å². The molecule has 1 amide bonds. The number of hydrogen-bond acceptors (Lipinski definition) is 6. The summed E-state index contributed by atoms with van der Waals surface area (Å²) in [4.78, 5) is 23.8. The topological polar surface area (TPSA) is 111 Å². The predicted octanol–water partition coefficient (Wildman–Crippen LogP) is 3.39. The molecule has 0 atom stereocenters. The van der Waals surface area contributed by atoms with Crippen molar-refractivity contribution >= 4 is 27.4 Å². The Kier molecular flexibility index (Phi) is 6.32. The van der Waals surface area contributed by atoms with E-state index in [0.717, 1.165) is 5.56 Å². The fraction of sp³-hybridized carbons (Fsp3) is 0.167. The Hall–Kier alpha value is -3.85. The van der Waals surface area contributed by atoms with Gasteiger partial charge < -0.3 is 14.8 Å². The maximum atomic E-state index is 12.6. The van der Waals surface area contributed by atoms with Gasteiger partial charge in [0.15, 0.2) is 17.3 Å². The van der Waals surface area contributed by atoms with E-state index in [4.69, 9.17) is 9.47 Å². The minimum absolute atomic E-state index is 0.0397. The average Bonchev–Trinajstić information content (AvgIpc) is 3.27. The summed E-state index contributed by atoms with van der Waals surface area (Å²) in [5, 5.41) is 2.85. The highest BCUT2D eigenvalue weighted by molar-refractivity contribution is 7.92. The number of benzene rings is 3. The molecule has 0 aromatic heterocycles. The number of hydrogen-bond donors (Lipinski definition) is 2. The first-order chi connectivity index (χ1) is 15.8. The minimum atomic E-state index is -3.82. The van der Waals surface area contributed by atoms with E-state index < -0.39 is 10.0 Å². The summed E-state index contributed by atoms with van der Waals surface area (Å²) in [6.07, 6.45) is 0.628. The number of rotatable bonds is 8. The highest BCUT2D eigenvalue weighted by Gasteiger charge is 2.16. The fourth-order valence-corrected chi connectivity index (χ4v) is 4.35. The third kappa shape index (κ3) is 5.32. The van der Waals surface area contributed by atoms with Crippen molar-refractivity contribution in [2.75, 3.05) is 18.1 Å². The number of Topliss-reactive ketones (excluding diaryl/α,β-unsaturated/α-hetero) is 1. The van der Waals surface area contributed by atoms with Gasteiger partial charge in [0.05, 0.1) is 4.90 Å². The van der Waals surface area contributed by atoms with Crippen molar-refractivity contribution in [3.63, 3.8) is 0 Å². The standard InChI is InChI=1S/C24H22N2O6S/c1-16(27)18-5-9-21(10-6-18)33(29,30)26-20-7-3-19(4-8-20)24(28)25-13-12-17-2-11-22-23(14-17)32-15-31-22/h2-11,14,26H,12-13,15H2,1H3,(H,25,28). The molecule has 33 heavy (non-hydrogen) atoms. The first-order valence-corrected chi connectivity index (χ1v) is 11.7. The van der Waals surface area contributed by atoms with Crippen molar-refractivity contribution in [2.24, 2.45) is 0 Å². The molecular formula is C24H22N2O6S. The average molecular weight is 467 g/mol. The van der Waals surface area contributed by atoms with Gasteiger partial charge in [0.1, 0.15) is 0 Å². The molecule has 0 saturated carbocycles. The van der Waals surface area contributed by atoms with Crippen LogP contribution in [0.1, 0.15) is 33.2 Å². The Balaban J connectivity index is 1.32. The minimum Gasteiger partial charge on any atom is -0.454 e. The van der Waals surface area contributed by atoms with E-state index in [2.05, 4.69) is 10.0 Å². The number of carbonyl (C=O) groups is 2. The summed E-state index contributed by atoms with van der Waals surface area (Å²) >= 11 is 0. The van der Waals surface area contributed by atoms with Crippen molar-refractivity contribution in [1.29, 1.82) is 0 Å². The molecule has 0 bridgehead atoms. The van der Waals surface area contributed by atoms with Gasteiger partial charge in [-0.15, -0.1) is 0 Å². The maximum absolute atomic E-state index is 12.6. The van der Waals surface area contributed by atoms with Crippen molar-refractivity contribution in [3.05, 3.63) is 83.4 Å². The first-order valence-electron chi connectivity index (χ1n) is 10.2. The Morgan fingerprint density at radius 3 is 2.24 bits per heavy atom. The van der Waals surface area contributed by atoms with Crippen LogP contribution >= 0.6 is 0 Å². The number of ketones is 1. The van der Waals surface area contributed by atoms with Crippen molar-refractivity contribution < 1.29 is 27.5 Å². The summed E-state index contributed by atoms with van der Waals surface area (Å²) in [6, 6.07) is 17.5. The molecule has 0 aliphatic carbocycles. The van der Waals surface area contributed by atoms with Crippen LogP contribution in [-0.4, -0.2) is 33.4 Å². The monoisotopic (exact) mass is 466 g/mol. The summed E-state index contributed by atoms with van der Waals surface area (Å²) in [7, 11) is -3.82. The van der Waals surface area contributed by atoms with Crippen LogP contribution in [0.25, 0.3) is 0 Å². The van der Waals surface area contributed by atoms with E-state index >= 15 is 0 Å². The summed E-state index contributed by atoms with van der Waals surface area (Å²) in [5.41, 5.74) is 2.18. The molecule has 0 saturated heterocycles. The number of nitrogens with one attached hydrogen (secondary N) is 2. The molecule has 1 aliphatic rings. The van der Waals surface area contributed by atoms with Crippen LogP contribution in [0, 0.1) is 0 Å². The molecule has 0 unspecified atom stereocenters. The van der Waals surface area contributed by atoms with E-state index in [1.165, 1.54) is 43.3 Å². The number of ether oxygens (including phenoxy) is 2. The third-order valence-corrected chi connectivity index (χ3v) is 6.50. The van der Waals surface area contributed by atoms with Gasteiger partial charge in [-0.2, -0.15) is 0 Å². The van der Waals surface area contributed by atoms with Gasteiger partial charge in [-0.3, -0.25) is 14.3 Å². The molecule has 170 valence electrons. The molecule has 4 rings (SSSR count). The van der Waals surface area contributed by atoms with E-state index in [1.54, 1.807) is 12.1 Å². The Morgan fingerprint density at radius 2 is 1.55 bits per heavy atom. The molecule has 1 aliphatic heterocycles. The number of amides is 1. The highest BCUT2D eigenvalue weighted by Crippen LogP contribution is 2.32. The van der Waals surface area contributed by atoms with Crippen molar-refractivity contribution in [1.82, 2.24) is 5.32 Å². The van der Waals surface area contributed by atoms with Crippen LogP contribution in [0.4, 0.5) is 5.69 Å². The quantitative estimate of drug-likeness (QED) is 0.493. The SMILES string of the molecule is CC(=O)c1ccc(S(=O)(=O)Nc2ccc(C(=O)NCCc3ccc4c(c3)OCO4)cc2)cc1. The van der Waals surface area contributed by atoms with Crippen molar-refractivity contribution in [2.45, 2.75) is 18.2 Å². The molecule has 8 nitrogen and oxygen atoms in total. The van der Waals surface area contributed by atoms with Gasteiger partial charge in [-0.05, 0) is 67.4 Å². The van der Waals surface area contributed by atoms with Gasteiger partial charge >= 0.3 is 0 Å². The predicted molar refractivity (Wildman–Crippen MR) is 122 cm³/mol. The van der Waals surface area contributed by atoms with Crippen LogP contribution in [0.2, 0.25) is 0 Å². The summed E-state index contributed by atoms with van der Waals surface area (Å²) in [6.45, 7) is 2.06. The Labute approximate surface area is 191 Å². The second kappa shape index (κ2) is 9.33. The van der Waals surface area contributed by atoms with Gasteiger partial charge in [0.25, 0.3) is 15.9 Å². The molecular weight excluding hydrogens is 444 g/mol. The van der Waals surface area contributed by atoms with E-state index in [-0.39, 0.29) is 23.4 Å². The molecule has 9 heteroatoms. The molecule has 2 N–H and O–H groups in total. The lowest BCUT2D eigenvalue weighted by Gasteiger charge is -2.10. The van der Waals surface area contributed by atoms with Gasteiger partial charge in [0, 0.05) is 23.4 Å². The zero-order valence-corrected chi connectivity index (χ0v) is 18.6. The largest absolute Gasteiger partial charge is 0.454 e. The van der Waals surface area contributed by atoms with Crippen LogP contribution in [0.15, 0.2) is 71.6 Å². The molecule has 0 spiro atoms. The molecule has 0 radical (unpaired) electrons. The second-order valence-electron chi connectivity index (χ2n) is 7.46. The molecule has 3 aromatic rings. The number of sulfonamides is 1. The zero-order chi connectivity index (χ0) is 23.4. The third-order valence-electron chi connectivity index (χ3n) is 5.11. The second-order valence-corrected chi connectivity index (χ2v) is 9.14. The fourth-order valence-electron chi connectivity index (χ4n) is 3.29. The highest BCUT2D eigenvalue weighted by atomic mass is 32.2. The molecule has 1 heterocycles. The van der Waals surface area contributed by atoms with Crippen LogP contribution in [0.5, 0.6) is 11.5 Å². The molecule has 3 aromatic carbocycles. The first kappa shape index (κ1) is 22.3. The number of fused-ring (bicyclic) bond motifs is 1.